The highest BCUT2D eigenvalue weighted by molar-refractivity contribution is 7.77. The van der Waals surface area contributed by atoms with Gasteiger partial charge in [0, 0.05) is 12.2 Å². The van der Waals surface area contributed by atoms with Crippen LogP contribution in [0.2, 0.25) is 0 Å². The van der Waals surface area contributed by atoms with Gasteiger partial charge in [-0.25, -0.2) is 0 Å². The van der Waals surface area contributed by atoms with E-state index < -0.39 is 0 Å². The Balaban J connectivity index is 2.53. The minimum absolute atomic E-state index is 0.681. The van der Waals surface area contributed by atoms with E-state index >= 15 is 0 Å². The topological polar surface area (TPSA) is 3.24 Å². The summed E-state index contributed by atoms with van der Waals surface area (Å²) in [7, 11) is 0. The zero-order valence-corrected chi connectivity index (χ0v) is 7.56. The first-order valence-corrected chi connectivity index (χ1v) is 4.32. The fraction of sp³-hybridized carbons (Fsp3) is 0.750. The predicted molar refractivity (Wildman–Crippen MR) is 47.8 cm³/mol. The molecule has 0 amide bonds. The van der Waals surface area contributed by atoms with Gasteiger partial charge in [-0.05, 0) is 18.8 Å². The van der Waals surface area contributed by atoms with Crippen LogP contribution in [0, 0.1) is 5.92 Å². The van der Waals surface area contributed by atoms with Gasteiger partial charge in [0.15, 0.2) is 0 Å². The van der Waals surface area contributed by atoms with Crippen molar-refractivity contribution in [1.82, 2.24) is 4.31 Å². The van der Waals surface area contributed by atoms with Crippen molar-refractivity contribution < 1.29 is 0 Å². The smallest absolute Gasteiger partial charge is 0.0325 e. The first-order valence-electron chi connectivity index (χ1n) is 3.92. The molecule has 1 rings (SSSR count). The first kappa shape index (κ1) is 7.99. The maximum Gasteiger partial charge on any atom is 0.0325 e. The van der Waals surface area contributed by atoms with E-state index in [-0.39, 0.29) is 0 Å². The Labute approximate surface area is 68.6 Å². The van der Waals surface area contributed by atoms with Crippen molar-refractivity contribution in [3.63, 3.8) is 0 Å². The fourth-order valence-electron chi connectivity index (χ4n) is 1.23. The Morgan fingerprint density at radius 3 is 2.90 bits per heavy atom. The van der Waals surface area contributed by atoms with Crippen molar-refractivity contribution in [2.45, 2.75) is 26.7 Å². The summed E-state index contributed by atoms with van der Waals surface area (Å²) in [5.41, 5.74) is 1.41. The summed E-state index contributed by atoms with van der Waals surface area (Å²) < 4.78 is 2.06. The lowest BCUT2D eigenvalue weighted by Crippen LogP contribution is -2.12. The second-order valence-corrected chi connectivity index (χ2v) is 3.33. The van der Waals surface area contributed by atoms with E-state index in [9.17, 15) is 0 Å². The second-order valence-electron chi connectivity index (χ2n) is 2.85. The van der Waals surface area contributed by atoms with Gasteiger partial charge in [0.05, 0.1) is 0 Å². The summed E-state index contributed by atoms with van der Waals surface area (Å²) in [4.78, 5) is 0. The van der Waals surface area contributed by atoms with Crippen LogP contribution >= 0.6 is 12.8 Å². The van der Waals surface area contributed by atoms with Crippen molar-refractivity contribution in [1.29, 1.82) is 0 Å². The quantitative estimate of drug-likeness (QED) is 0.603. The highest BCUT2D eigenvalue weighted by Crippen LogP contribution is 2.25. The molecule has 1 atom stereocenters. The van der Waals surface area contributed by atoms with Gasteiger partial charge in [0.1, 0.15) is 0 Å². The zero-order valence-electron chi connectivity index (χ0n) is 6.67. The molecule has 0 spiro atoms. The average Bonchev–Trinajstić information content (AvgIpc) is 2.34. The number of nitrogens with zero attached hydrogens (tertiary/aromatic N) is 1. The van der Waals surface area contributed by atoms with Crippen LogP contribution in [-0.4, -0.2) is 10.8 Å². The minimum Gasteiger partial charge on any atom is -0.322 e. The molecule has 1 aliphatic heterocycles. The van der Waals surface area contributed by atoms with Gasteiger partial charge < -0.3 is 4.31 Å². The molecule has 0 aromatic carbocycles. The average molecular weight is 157 g/mol. The standard InChI is InChI=1S/C8H15NS/c1-3-7(2)8-5-4-6-9(8)10/h5,7,10H,3-4,6H2,1-2H3. The van der Waals surface area contributed by atoms with Crippen LogP contribution in [0.3, 0.4) is 0 Å². The molecule has 1 nitrogen and oxygen atoms in total. The van der Waals surface area contributed by atoms with E-state index in [0.717, 1.165) is 6.54 Å². The number of hydrogen-bond donors (Lipinski definition) is 1. The molecular weight excluding hydrogens is 142 g/mol. The Kier molecular flexibility index (Phi) is 2.66. The largest absolute Gasteiger partial charge is 0.322 e. The van der Waals surface area contributed by atoms with Gasteiger partial charge in [-0.2, -0.15) is 0 Å². The van der Waals surface area contributed by atoms with Crippen LogP contribution in [-0.2, 0) is 0 Å². The zero-order chi connectivity index (χ0) is 7.56. The van der Waals surface area contributed by atoms with Gasteiger partial charge in [0.25, 0.3) is 0 Å². The van der Waals surface area contributed by atoms with Crippen molar-refractivity contribution >= 4 is 12.8 Å². The maximum atomic E-state index is 4.35. The van der Waals surface area contributed by atoms with Crippen molar-refractivity contribution in [3.05, 3.63) is 11.8 Å². The minimum atomic E-state index is 0.681. The Morgan fingerprint density at radius 2 is 2.50 bits per heavy atom. The van der Waals surface area contributed by atoms with Gasteiger partial charge in [-0.3, -0.25) is 0 Å². The summed E-state index contributed by atoms with van der Waals surface area (Å²) in [5.74, 6) is 0.681. The number of hydrogen-bond acceptors (Lipinski definition) is 2. The molecule has 0 fully saturated rings. The molecule has 0 radical (unpaired) electrons. The number of allylic oxidation sites excluding steroid dienone is 1. The molecule has 0 aromatic rings. The fourth-order valence-corrected chi connectivity index (χ4v) is 1.63. The van der Waals surface area contributed by atoms with Gasteiger partial charge in [0.2, 0.25) is 0 Å². The van der Waals surface area contributed by atoms with E-state index in [1.54, 1.807) is 0 Å². The molecule has 1 aliphatic rings. The van der Waals surface area contributed by atoms with Crippen LogP contribution in [0.4, 0.5) is 0 Å². The first-order chi connectivity index (χ1) is 4.75. The van der Waals surface area contributed by atoms with Crippen LogP contribution in [0.15, 0.2) is 11.8 Å². The van der Waals surface area contributed by atoms with Gasteiger partial charge in [-0.1, -0.05) is 32.7 Å². The molecule has 0 aliphatic carbocycles. The molecule has 58 valence electrons. The van der Waals surface area contributed by atoms with Crippen LogP contribution in [0.25, 0.3) is 0 Å². The third-order valence-electron chi connectivity index (χ3n) is 2.11. The molecule has 0 bridgehead atoms. The van der Waals surface area contributed by atoms with Crippen molar-refractivity contribution in [2.75, 3.05) is 6.54 Å². The summed E-state index contributed by atoms with van der Waals surface area (Å²) in [6.07, 6.45) is 4.67. The third kappa shape index (κ3) is 1.48. The van der Waals surface area contributed by atoms with E-state index in [1.807, 2.05) is 0 Å². The van der Waals surface area contributed by atoms with Crippen molar-refractivity contribution in [2.24, 2.45) is 5.92 Å². The summed E-state index contributed by atoms with van der Waals surface area (Å²) >= 11 is 4.35. The van der Waals surface area contributed by atoms with Gasteiger partial charge >= 0.3 is 0 Å². The molecule has 0 saturated heterocycles. The highest BCUT2D eigenvalue weighted by atomic mass is 32.1. The second kappa shape index (κ2) is 3.33. The molecule has 2 heteroatoms. The molecular formula is C8H15NS. The van der Waals surface area contributed by atoms with E-state index in [2.05, 4.69) is 37.0 Å². The van der Waals surface area contributed by atoms with E-state index in [4.69, 9.17) is 0 Å². The maximum absolute atomic E-state index is 4.35. The number of rotatable bonds is 2. The molecule has 0 aromatic heterocycles. The molecule has 10 heavy (non-hydrogen) atoms. The molecule has 0 N–H and O–H groups in total. The summed E-state index contributed by atoms with van der Waals surface area (Å²) in [6, 6.07) is 0. The van der Waals surface area contributed by atoms with Crippen LogP contribution in [0.5, 0.6) is 0 Å². The lowest BCUT2D eigenvalue weighted by Gasteiger charge is -2.19. The van der Waals surface area contributed by atoms with Gasteiger partial charge in [-0.15, -0.1) is 0 Å². The SMILES string of the molecule is CCC(C)C1=CCCN1S. The molecule has 0 saturated carbocycles. The lowest BCUT2D eigenvalue weighted by molar-refractivity contribution is 0.513. The van der Waals surface area contributed by atoms with E-state index in [0.29, 0.717) is 5.92 Å². The van der Waals surface area contributed by atoms with Crippen LogP contribution in [0.1, 0.15) is 26.7 Å². The number of thiol groups is 1. The predicted octanol–water partition coefficient (Wildman–Crippen LogP) is 2.47. The Hall–Kier alpha value is -0.110. The Morgan fingerprint density at radius 1 is 1.80 bits per heavy atom. The monoisotopic (exact) mass is 157 g/mol. The summed E-state index contributed by atoms with van der Waals surface area (Å²) in [6.45, 7) is 5.55. The molecule has 1 unspecified atom stereocenters. The molecule has 1 heterocycles. The van der Waals surface area contributed by atoms with E-state index in [1.165, 1.54) is 18.5 Å². The third-order valence-corrected chi connectivity index (χ3v) is 2.54. The summed E-state index contributed by atoms with van der Waals surface area (Å²) in [5, 5.41) is 0. The van der Waals surface area contributed by atoms with Crippen molar-refractivity contribution in [3.8, 4) is 0 Å². The normalized spacial score (nSPS) is 21.1. The Bertz CT molecular complexity index is 142. The highest BCUT2D eigenvalue weighted by Gasteiger charge is 2.15. The lowest BCUT2D eigenvalue weighted by atomic mass is 10.1. The van der Waals surface area contributed by atoms with Crippen LogP contribution < -0.4 is 0 Å².